The predicted molar refractivity (Wildman–Crippen MR) is 143 cm³/mol. The van der Waals surface area contributed by atoms with E-state index in [9.17, 15) is 9.59 Å². The molecule has 0 N–H and O–H groups in total. The third kappa shape index (κ3) is 6.42. The third-order valence-electron chi connectivity index (χ3n) is 8.86. The van der Waals surface area contributed by atoms with E-state index in [0.717, 1.165) is 50.2 Å². The Labute approximate surface area is 217 Å². The Balaban J connectivity index is 1.16. The number of benzene rings is 1. The summed E-state index contributed by atoms with van der Waals surface area (Å²) >= 11 is 0. The highest BCUT2D eigenvalue weighted by atomic mass is 16.5. The van der Waals surface area contributed by atoms with Crippen LogP contribution in [-0.2, 0) is 9.59 Å². The van der Waals surface area contributed by atoms with Crippen LogP contribution in [0.3, 0.4) is 0 Å². The van der Waals surface area contributed by atoms with Crippen LogP contribution in [-0.4, -0.2) is 66.5 Å². The van der Waals surface area contributed by atoms with Gasteiger partial charge in [-0.2, -0.15) is 0 Å². The zero-order chi connectivity index (χ0) is 24.9. The van der Waals surface area contributed by atoms with E-state index in [0.29, 0.717) is 37.4 Å². The van der Waals surface area contributed by atoms with Crippen molar-refractivity contribution in [2.24, 2.45) is 11.8 Å². The monoisotopic (exact) mass is 495 g/mol. The minimum absolute atomic E-state index is 0.0676. The molecule has 4 aliphatic rings. The maximum Gasteiger partial charge on any atom is 0.227 e. The zero-order valence-electron chi connectivity index (χ0n) is 22.2. The van der Waals surface area contributed by atoms with Crippen molar-refractivity contribution in [2.75, 3.05) is 37.7 Å². The minimum atomic E-state index is 0.0676. The van der Waals surface area contributed by atoms with Crippen molar-refractivity contribution in [3.8, 4) is 5.75 Å². The fraction of sp³-hybridized carbons (Fsp3) is 0.733. The van der Waals surface area contributed by atoms with Gasteiger partial charge in [-0.25, -0.2) is 0 Å². The molecule has 6 nitrogen and oxygen atoms in total. The summed E-state index contributed by atoms with van der Waals surface area (Å²) in [6.07, 6.45) is 13.5. The average Bonchev–Trinajstić information content (AvgIpc) is 3.58. The van der Waals surface area contributed by atoms with Gasteiger partial charge in [0.25, 0.3) is 0 Å². The van der Waals surface area contributed by atoms with Gasteiger partial charge in [-0.05, 0) is 95.0 Å². The molecule has 2 aliphatic heterocycles. The smallest absolute Gasteiger partial charge is 0.227 e. The van der Waals surface area contributed by atoms with E-state index in [4.69, 9.17) is 4.74 Å². The molecule has 2 saturated heterocycles. The topological polar surface area (TPSA) is 53.1 Å². The summed E-state index contributed by atoms with van der Waals surface area (Å²) in [7, 11) is 0. The fourth-order valence-corrected chi connectivity index (χ4v) is 6.54. The second-order valence-electron chi connectivity index (χ2n) is 11.7. The number of ether oxygens (including phenoxy) is 1. The molecule has 198 valence electrons. The molecule has 0 bridgehead atoms. The van der Waals surface area contributed by atoms with Crippen molar-refractivity contribution in [1.82, 2.24) is 9.80 Å². The second-order valence-corrected chi connectivity index (χ2v) is 11.7. The molecule has 1 aromatic carbocycles. The normalized spacial score (nSPS) is 25.5. The SMILES string of the molecule is C[C@H]1CCCN1CCCOc1ccc(N2C(=O)CCC2CN(CC2CCCCC2)C(=O)C2CC2)cc1. The molecule has 0 radical (unpaired) electrons. The molecule has 1 unspecified atom stereocenters. The lowest BCUT2D eigenvalue weighted by atomic mass is 9.88. The number of carbonyl (C=O) groups excluding carboxylic acids is 2. The zero-order valence-corrected chi connectivity index (χ0v) is 22.2. The summed E-state index contributed by atoms with van der Waals surface area (Å²) in [6.45, 7) is 6.89. The summed E-state index contributed by atoms with van der Waals surface area (Å²) in [6, 6.07) is 8.79. The quantitative estimate of drug-likeness (QED) is 0.393. The molecule has 2 aliphatic carbocycles. The van der Waals surface area contributed by atoms with Crippen molar-refractivity contribution >= 4 is 17.5 Å². The molecule has 5 rings (SSSR count). The maximum absolute atomic E-state index is 13.2. The maximum atomic E-state index is 13.2. The van der Waals surface area contributed by atoms with Gasteiger partial charge in [0.05, 0.1) is 12.6 Å². The van der Waals surface area contributed by atoms with Crippen LogP contribution in [0.5, 0.6) is 5.75 Å². The van der Waals surface area contributed by atoms with E-state index < -0.39 is 0 Å². The molecule has 36 heavy (non-hydrogen) atoms. The van der Waals surface area contributed by atoms with Crippen LogP contribution >= 0.6 is 0 Å². The van der Waals surface area contributed by atoms with E-state index in [1.54, 1.807) is 0 Å². The number of hydrogen-bond acceptors (Lipinski definition) is 4. The molecule has 1 aromatic rings. The number of hydrogen-bond donors (Lipinski definition) is 0. The molecular weight excluding hydrogens is 450 g/mol. The lowest BCUT2D eigenvalue weighted by molar-refractivity contribution is -0.133. The Morgan fingerprint density at radius 3 is 2.44 bits per heavy atom. The van der Waals surface area contributed by atoms with Crippen LogP contribution in [0.15, 0.2) is 24.3 Å². The highest BCUT2D eigenvalue weighted by molar-refractivity contribution is 5.96. The Kier molecular flexibility index (Phi) is 8.51. The first-order valence-electron chi connectivity index (χ1n) is 14.7. The lowest BCUT2D eigenvalue weighted by Crippen LogP contribution is -2.46. The van der Waals surface area contributed by atoms with Crippen LogP contribution in [0.1, 0.15) is 84.0 Å². The number of anilines is 1. The highest BCUT2D eigenvalue weighted by Gasteiger charge is 2.39. The standard InChI is InChI=1S/C30H45N3O3/c1-23-7-5-18-31(23)19-6-20-36-28-15-12-26(13-16-28)33-27(14-17-29(33)34)22-32(30(35)25-10-11-25)21-24-8-3-2-4-9-24/h12-13,15-16,23-25,27H,2-11,14,17-22H2,1H3/t23-,27?/m0/s1. The van der Waals surface area contributed by atoms with Gasteiger partial charge >= 0.3 is 0 Å². The summed E-state index contributed by atoms with van der Waals surface area (Å²) in [5.74, 6) is 2.21. The van der Waals surface area contributed by atoms with E-state index in [1.165, 1.54) is 51.5 Å². The molecular formula is C30H45N3O3. The van der Waals surface area contributed by atoms with Gasteiger partial charge in [0.2, 0.25) is 11.8 Å². The number of rotatable bonds is 11. The van der Waals surface area contributed by atoms with Crippen molar-refractivity contribution < 1.29 is 14.3 Å². The van der Waals surface area contributed by atoms with E-state index in [1.807, 2.05) is 29.2 Å². The molecule has 0 aromatic heterocycles. The van der Waals surface area contributed by atoms with Crippen molar-refractivity contribution in [2.45, 2.75) is 96.1 Å². The van der Waals surface area contributed by atoms with Gasteiger partial charge in [-0.3, -0.25) is 9.59 Å². The number of nitrogens with zero attached hydrogens (tertiary/aromatic N) is 3. The summed E-state index contributed by atoms with van der Waals surface area (Å²) in [5.41, 5.74) is 0.928. The average molecular weight is 496 g/mol. The van der Waals surface area contributed by atoms with Crippen LogP contribution in [0.25, 0.3) is 0 Å². The molecule has 6 heteroatoms. The van der Waals surface area contributed by atoms with Crippen LogP contribution < -0.4 is 9.64 Å². The minimum Gasteiger partial charge on any atom is -0.494 e. The Morgan fingerprint density at radius 2 is 1.75 bits per heavy atom. The lowest BCUT2D eigenvalue weighted by Gasteiger charge is -2.34. The molecule has 2 atom stereocenters. The Bertz CT molecular complexity index is 878. The molecule has 0 spiro atoms. The van der Waals surface area contributed by atoms with Gasteiger partial charge in [0, 0.05) is 43.7 Å². The predicted octanol–water partition coefficient (Wildman–Crippen LogP) is 5.25. The second kappa shape index (κ2) is 12.0. The van der Waals surface area contributed by atoms with Crippen molar-refractivity contribution in [1.29, 1.82) is 0 Å². The van der Waals surface area contributed by atoms with Crippen molar-refractivity contribution in [3.05, 3.63) is 24.3 Å². The van der Waals surface area contributed by atoms with Crippen LogP contribution in [0.4, 0.5) is 5.69 Å². The van der Waals surface area contributed by atoms with Gasteiger partial charge in [0.15, 0.2) is 0 Å². The van der Waals surface area contributed by atoms with Crippen LogP contribution in [0, 0.1) is 11.8 Å². The fourth-order valence-electron chi connectivity index (χ4n) is 6.54. The number of likely N-dealkylation sites (tertiary alicyclic amines) is 1. The van der Waals surface area contributed by atoms with Gasteiger partial charge in [0.1, 0.15) is 5.75 Å². The number of amides is 2. The molecule has 4 fully saturated rings. The summed E-state index contributed by atoms with van der Waals surface area (Å²) in [5, 5.41) is 0. The van der Waals surface area contributed by atoms with Crippen molar-refractivity contribution in [3.63, 3.8) is 0 Å². The molecule has 2 amide bonds. The molecule has 2 saturated carbocycles. The van der Waals surface area contributed by atoms with Crippen LogP contribution in [0.2, 0.25) is 0 Å². The molecule has 2 heterocycles. The third-order valence-corrected chi connectivity index (χ3v) is 8.86. The number of carbonyl (C=O) groups is 2. The Morgan fingerprint density at radius 1 is 0.972 bits per heavy atom. The first kappa shape index (κ1) is 25.6. The first-order chi connectivity index (χ1) is 17.6. The van der Waals surface area contributed by atoms with E-state index in [2.05, 4.69) is 16.7 Å². The summed E-state index contributed by atoms with van der Waals surface area (Å²) < 4.78 is 6.00. The van der Waals surface area contributed by atoms with Gasteiger partial charge in [-0.15, -0.1) is 0 Å². The van der Waals surface area contributed by atoms with Gasteiger partial charge in [-0.1, -0.05) is 19.3 Å². The Hall–Kier alpha value is -2.08. The van der Waals surface area contributed by atoms with Gasteiger partial charge < -0.3 is 19.4 Å². The van der Waals surface area contributed by atoms with E-state index >= 15 is 0 Å². The summed E-state index contributed by atoms with van der Waals surface area (Å²) in [4.78, 5) is 32.7. The van der Waals surface area contributed by atoms with E-state index in [-0.39, 0.29) is 17.9 Å². The largest absolute Gasteiger partial charge is 0.494 e. The highest BCUT2D eigenvalue weighted by Crippen LogP contribution is 2.34. The first-order valence-corrected chi connectivity index (χ1v) is 14.7.